The van der Waals surface area contributed by atoms with Crippen LogP contribution >= 0.6 is 22.6 Å². The Kier molecular flexibility index (Phi) is 4.19. The van der Waals surface area contributed by atoms with Crippen LogP contribution in [0.2, 0.25) is 0 Å². The Bertz CT molecular complexity index is 522. The van der Waals surface area contributed by atoms with Gasteiger partial charge in [-0.3, -0.25) is 0 Å². The van der Waals surface area contributed by atoms with Gasteiger partial charge in [0.2, 0.25) is 6.86 Å². The van der Waals surface area contributed by atoms with Gasteiger partial charge in [-0.05, 0) is 41.2 Å². The van der Waals surface area contributed by atoms with Crippen LogP contribution in [0.3, 0.4) is 0 Å². The second kappa shape index (κ2) is 5.67. The molecule has 2 nitrogen and oxygen atoms in total. The first kappa shape index (κ1) is 13.3. The molecule has 4 heteroatoms. The molecule has 0 saturated carbocycles. The average molecular weight is 357 g/mol. The summed E-state index contributed by atoms with van der Waals surface area (Å²) in [6.07, 6.45) is 2.02. The fourth-order valence-corrected chi connectivity index (χ4v) is 2.55. The molecule has 0 unspecified atom stereocenters. The highest BCUT2D eigenvalue weighted by Gasteiger charge is 2.23. The van der Waals surface area contributed by atoms with Crippen molar-refractivity contribution in [1.29, 1.82) is 0 Å². The molecule has 0 fully saturated rings. The quantitative estimate of drug-likeness (QED) is 0.743. The van der Waals surface area contributed by atoms with Gasteiger partial charge in [0, 0.05) is 9.14 Å². The van der Waals surface area contributed by atoms with Gasteiger partial charge < -0.3 is 0 Å². The van der Waals surface area contributed by atoms with E-state index in [1.807, 2.05) is 43.3 Å². The maximum Gasteiger partial charge on any atom is 0.215 e. The summed E-state index contributed by atoms with van der Waals surface area (Å²) in [5.74, 6) is 0. The largest absolute Gasteiger partial charge is 0.235 e. The predicted molar refractivity (Wildman–Crippen MR) is 79.2 cm³/mol. The van der Waals surface area contributed by atoms with E-state index in [9.17, 15) is 4.39 Å². The van der Waals surface area contributed by atoms with Gasteiger partial charge in [-0.25, -0.2) is 14.3 Å². The second-order valence-corrected chi connectivity index (χ2v) is 5.03. The molecule has 1 aromatic carbocycles. The second-order valence-electron chi connectivity index (χ2n) is 3.87. The number of rotatable bonds is 3. The molecule has 1 heterocycles. The zero-order chi connectivity index (χ0) is 13.1. The normalized spacial score (nSPS) is 16.1. The molecule has 0 spiro atoms. The third-order valence-corrected chi connectivity index (χ3v) is 3.60. The monoisotopic (exact) mass is 357 g/mol. The number of alkyl halides is 1. The van der Waals surface area contributed by atoms with Crippen molar-refractivity contribution in [3.8, 4) is 0 Å². The highest BCUT2D eigenvalue weighted by Crippen LogP contribution is 2.37. The van der Waals surface area contributed by atoms with E-state index in [4.69, 9.17) is 4.84 Å². The summed E-state index contributed by atoms with van der Waals surface area (Å²) < 4.78 is 13.5. The van der Waals surface area contributed by atoms with Crippen molar-refractivity contribution in [2.45, 2.75) is 6.92 Å². The number of hydroxylamine groups is 2. The third kappa shape index (κ3) is 2.49. The van der Waals surface area contributed by atoms with Crippen molar-refractivity contribution in [1.82, 2.24) is 5.06 Å². The summed E-state index contributed by atoms with van der Waals surface area (Å²) in [5, 5.41) is 1.46. The minimum atomic E-state index is -0.882. The third-order valence-electron chi connectivity index (χ3n) is 2.67. The maximum absolute atomic E-state index is 12.5. The molecule has 0 atom stereocenters. The minimum absolute atomic E-state index is 0.651. The van der Waals surface area contributed by atoms with Crippen molar-refractivity contribution in [3.05, 3.63) is 63.4 Å². The Labute approximate surface area is 120 Å². The lowest BCUT2D eigenvalue weighted by molar-refractivity contribution is -0.119. The van der Waals surface area contributed by atoms with Crippen molar-refractivity contribution < 1.29 is 9.23 Å². The number of allylic oxidation sites excluding steroid dienone is 3. The summed E-state index contributed by atoms with van der Waals surface area (Å²) in [6, 6.07) is 9.75. The van der Waals surface area contributed by atoms with Crippen molar-refractivity contribution in [2.24, 2.45) is 0 Å². The van der Waals surface area contributed by atoms with E-state index in [0.29, 0.717) is 5.70 Å². The van der Waals surface area contributed by atoms with Gasteiger partial charge in [-0.1, -0.05) is 36.9 Å². The average Bonchev–Trinajstić information content (AvgIpc) is 2.37. The highest BCUT2D eigenvalue weighted by atomic mass is 127. The molecular formula is C14H13FINO. The predicted octanol–water partition coefficient (Wildman–Crippen LogP) is 4.42. The van der Waals surface area contributed by atoms with Crippen LogP contribution < -0.4 is 0 Å². The van der Waals surface area contributed by atoms with Crippen LogP contribution in [-0.4, -0.2) is 11.9 Å². The van der Waals surface area contributed by atoms with E-state index in [-0.39, 0.29) is 0 Å². The van der Waals surface area contributed by atoms with Gasteiger partial charge in [0.15, 0.2) is 0 Å². The first-order valence-electron chi connectivity index (χ1n) is 5.47. The van der Waals surface area contributed by atoms with Gasteiger partial charge >= 0.3 is 0 Å². The van der Waals surface area contributed by atoms with E-state index in [1.165, 1.54) is 5.06 Å². The Morgan fingerprint density at radius 2 is 2.00 bits per heavy atom. The van der Waals surface area contributed by atoms with Gasteiger partial charge in [0.25, 0.3) is 0 Å². The van der Waals surface area contributed by atoms with E-state index >= 15 is 0 Å². The number of hydrogen-bond acceptors (Lipinski definition) is 2. The Balaban J connectivity index is 2.52. The minimum Gasteiger partial charge on any atom is -0.235 e. The van der Waals surface area contributed by atoms with Crippen LogP contribution in [-0.2, 0) is 4.84 Å². The van der Waals surface area contributed by atoms with Crippen molar-refractivity contribution in [3.63, 3.8) is 0 Å². The molecule has 0 bridgehead atoms. The molecule has 94 valence electrons. The molecule has 1 aromatic rings. The fourth-order valence-electron chi connectivity index (χ4n) is 1.87. The molecule has 1 aliphatic rings. The lowest BCUT2D eigenvalue weighted by atomic mass is 10.0. The van der Waals surface area contributed by atoms with E-state index in [2.05, 4.69) is 29.2 Å². The van der Waals surface area contributed by atoms with Crippen molar-refractivity contribution >= 4 is 28.3 Å². The lowest BCUT2D eigenvalue weighted by Gasteiger charge is -2.31. The number of benzene rings is 1. The van der Waals surface area contributed by atoms with Crippen LogP contribution in [0, 0.1) is 0 Å². The summed E-state index contributed by atoms with van der Waals surface area (Å²) in [4.78, 5) is 5.07. The molecule has 1 aliphatic heterocycles. The smallest absolute Gasteiger partial charge is 0.215 e. The van der Waals surface area contributed by atoms with E-state index in [1.54, 1.807) is 0 Å². The maximum atomic E-state index is 12.5. The van der Waals surface area contributed by atoms with Crippen LogP contribution in [0.15, 0.2) is 57.8 Å². The van der Waals surface area contributed by atoms with Gasteiger partial charge in [-0.2, -0.15) is 0 Å². The first-order valence-corrected chi connectivity index (χ1v) is 6.55. The highest BCUT2D eigenvalue weighted by molar-refractivity contribution is 14.1. The van der Waals surface area contributed by atoms with Crippen LogP contribution in [0.1, 0.15) is 12.5 Å². The molecule has 0 aromatic heterocycles. The molecule has 0 radical (unpaired) electrons. The Morgan fingerprint density at radius 1 is 1.33 bits per heavy atom. The van der Waals surface area contributed by atoms with Crippen molar-refractivity contribution in [2.75, 3.05) is 6.86 Å². The standard InChI is InChI=1S/C14H13FINO/c1-10-8-13(16)11(2)17(18-9-15)14(10)12-6-4-3-5-7-12/h3-8H,2,9H2,1H3. The summed E-state index contributed by atoms with van der Waals surface area (Å²) in [6.45, 7) is 5.02. The molecule has 18 heavy (non-hydrogen) atoms. The van der Waals surface area contributed by atoms with Crippen LogP contribution in [0.25, 0.3) is 5.70 Å². The first-order chi connectivity index (χ1) is 8.65. The molecule has 2 rings (SSSR count). The summed E-state index contributed by atoms with van der Waals surface area (Å²) in [7, 11) is 0. The van der Waals surface area contributed by atoms with Gasteiger partial charge in [-0.15, -0.1) is 0 Å². The zero-order valence-electron chi connectivity index (χ0n) is 9.99. The summed E-state index contributed by atoms with van der Waals surface area (Å²) in [5.41, 5.74) is 3.48. The topological polar surface area (TPSA) is 12.5 Å². The number of hydrogen-bond donors (Lipinski definition) is 0. The van der Waals surface area contributed by atoms with E-state index in [0.717, 1.165) is 20.4 Å². The Morgan fingerprint density at radius 3 is 2.61 bits per heavy atom. The summed E-state index contributed by atoms with van der Waals surface area (Å²) >= 11 is 2.17. The number of nitrogens with zero attached hydrogens (tertiary/aromatic N) is 1. The fraction of sp³-hybridized carbons (Fsp3) is 0.143. The number of halogens is 2. The van der Waals surface area contributed by atoms with Crippen LogP contribution in [0.5, 0.6) is 0 Å². The Hall–Kier alpha value is -1.14. The van der Waals surface area contributed by atoms with Crippen LogP contribution in [0.4, 0.5) is 4.39 Å². The van der Waals surface area contributed by atoms with E-state index < -0.39 is 6.86 Å². The zero-order valence-corrected chi connectivity index (χ0v) is 12.1. The molecule has 0 N–H and O–H groups in total. The van der Waals surface area contributed by atoms with Gasteiger partial charge in [0.05, 0.1) is 11.4 Å². The molecule has 0 aliphatic carbocycles. The molecule has 0 saturated heterocycles. The molecule has 0 amide bonds. The SMILES string of the molecule is C=C1C(I)=CC(C)=C(c2ccccc2)N1OCF. The van der Waals surface area contributed by atoms with Gasteiger partial charge in [0.1, 0.15) is 0 Å². The molecular weight excluding hydrogens is 344 g/mol. The lowest BCUT2D eigenvalue weighted by Crippen LogP contribution is -2.24.